The Bertz CT molecular complexity index is 416. The molecule has 0 aliphatic heterocycles. The minimum atomic E-state index is -0.0999. The number of benzene rings is 1. The maximum absolute atomic E-state index is 11.6. The van der Waals surface area contributed by atoms with Crippen LogP contribution in [0.15, 0.2) is 28.7 Å². The lowest BCUT2D eigenvalue weighted by atomic mass is 9.84. The molecule has 1 aromatic rings. The molecule has 3 N–H and O–H groups in total. The molecule has 0 aliphatic rings. The number of carbonyl (C=O) groups excluding carboxylic acids is 1. The summed E-state index contributed by atoms with van der Waals surface area (Å²) in [6.45, 7) is 6.66. The first-order valence-electron chi connectivity index (χ1n) is 6.09. The first-order valence-corrected chi connectivity index (χ1v) is 6.89. The summed E-state index contributed by atoms with van der Waals surface area (Å²) in [5.74, 6) is 0.00747. The molecule has 1 aromatic carbocycles. The minimum Gasteiger partial charge on any atom is -0.355 e. The second-order valence-corrected chi connectivity index (χ2v) is 6.27. The van der Waals surface area contributed by atoms with E-state index < -0.39 is 0 Å². The van der Waals surface area contributed by atoms with Gasteiger partial charge >= 0.3 is 0 Å². The van der Waals surface area contributed by atoms with Crippen LogP contribution in [-0.4, -0.2) is 18.5 Å². The van der Waals surface area contributed by atoms with Crippen LogP contribution < -0.4 is 11.1 Å². The Kier molecular flexibility index (Phi) is 5.35. The van der Waals surface area contributed by atoms with Gasteiger partial charge in [-0.05, 0) is 24.6 Å². The summed E-state index contributed by atoms with van der Waals surface area (Å²) < 4.78 is 1.05. The molecule has 100 valence electrons. The lowest BCUT2D eigenvalue weighted by Crippen LogP contribution is -2.38. The van der Waals surface area contributed by atoms with E-state index in [-0.39, 0.29) is 17.4 Å². The SMILES string of the molecule is CC(N)CC(=O)NCC(C)(C)c1cccc(Br)c1. The number of rotatable bonds is 5. The van der Waals surface area contributed by atoms with Crippen molar-refractivity contribution >= 4 is 21.8 Å². The van der Waals surface area contributed by atoms with E-state index in [1.807, 2.05) is 19.1 Å². The molecule has 0 aliphatic carbocycles. The fourth-order valence-electron chi connectivity index (χ4n) is 1.70. The van der Waals surface area contributed by atoms with Crippen molar-refractivity contribution in [1.82, 2.24) is 5.32 Å². The van der Waals surface area contributed by atoms with Gasteiger partial charge in [0.05, 0.1) is 0 Å². The smallest absolute Gasteiger partial charge is 0.221 e. The van der Waals surface area contributed by atoms with Gasteiger partial charge in [-0.2, -0.15) is 0 Å². The van der Waals surface area contributed by atoms with Crippen LogP contribution >= 0.6 is 15.9 Å². The van der Waals surface area contributed by atoms with Crippen molar-refractivity contribution in [2.75, 3.05) is 6.54 Å². The largest absolute Gasteiger partial charge is 0.355 e. The molecule has 0 aromatic heterocycles. The molecule has 1 atom stereocenters. The van der Waals surface area contributed by atoms with Gasteiger partial charge in [-0.1, -0.05) is 41.9 Å². The third-order valence-corrected chi connectivity index (χ3v) is 3.33. The summed E-state index contributed by atoms with van der Waals surface area (Å²) in [7, 11) is 0. The van der Waals surface area contributed by atoms with E-state index in [0.29, 0.717) is 13.0 Å². The fraction of sp³-hybridized carbons (Fsp3) is 0.500. The van der Waals surface area contributed by atoms with E-state index in [1.165, 1.54) is 5.56 Å². The highest BCUT2D eigenvalue weighted by Gasteiger charge is 2.21. The molecule has 1 amide bonds. The zero-order valence-corrected chi connectivity index (χ0v) is 12.8. The maximum atomic E-state index is 11.6. The number of nitrogens with two attached hydrogens (primary N) is 1. The van der Waals surface area contributed by atoms with Crippen molar-refractivity contribution in [1.29, 1.82) is 0 Å². The van der Waals surface area contributed by atoms with Gasteiger partial charge in [0.25, 0.3) is 0 Å². The van der Waals surface area contributed by atoms with Gasteiger partial charge in [0, 0.05) is 28.9 Å². The van der Waals surface area contributed by atoms with Crippen LogP contribution in [0.4, 0.5) is 0 Å². The zero-order chi connectivity index (χ0) is 13.8. The Morgan fingerprint density at radius 2 is 2.17 bits per heavy atom. The highest BCUT2D eigenvalue weighted by Crippen LogP contribution is 2.25. The Hall–Kier alpha value is -0.870. The normalized spacial score (nSPS) is 13.2. The molecule has 1 unspecified atom stereocenters. The van der Waals surface area contributed by atoms with Crippen molar-refractivity contribution in [3.05, 3.63) is 34.3 Å². The van der Waals surface area contributed by atoms with Gasteiger partial charge in [-0.15, -0.1) is 0 Å². The number of nitrogens with one attached hydrogen (secondary N) is 1. The van der Waals surface area contributed by atoms with Crippen LogP contribution in [0.3, 0.4) is 0 Å². The number of amides is 1. The molecule has 0 saturated heterocycles. The van der Waals surface area contributed by atoms with E-state index in [2.05, 4.69) is 47.2 Å². The molecule has 0 bridgehead atoms. The first-order chi connectivity index (χ1) is 8.31. The molecule has 4 heteroatoms. The predicted molar refractivity (Wildman–Crippen MR) is 78.4 cm³/mol. The topological polar surface area (TPSA) is 55.1 Å². The van der Waals surface area contributed by atoms with E-state index >= 15 is 0 Å². The number of hydrogen-bond donors (Lipinski definition) is 2. The second-order valence-electron chi connectivity index (χ2n) is 5.35. The molecule has 0 fully saturated rings. The Morgan fingerprint density at radius 1 is 1.50 bits per heavy atom. The number of halogens is 1. The quantitative estimate of drug-likeness (QED) is 0.878. The average molecular weight is 313 g/mol. The van der Waals surface area contributed by atoms with Crippen LogP contribution in [0.5, 0.6) is 0 Å². The highest BCUT2D eigenvalue weighted by atomic mass is 79.9. The lowest BCUT2D eigenvalue weighted by Gasteiger charge is -2.26. The summed E-state index contributed by atoms with van der Waals surface area (Å²) in [6, 6.07) is 8.05. The predicted octanol–water partition coefficient (Wildman–Crippen LogP) is 2.58. The molecule has 1 rings (SSSR count). The van der Waals surface area contributed by atoms with Crippen molar-refractivity contribution in [2.24, 2.45) is 5.73 Å². The van der Waals surface area contributed by atoms with E-state index in [4.69, 9.17) is 5.73 Å². The van der Waals surface area contributed by atoms with Gasteiger partial charge in [-0.3, -0.25) is 4.79 Å². The van der Waals surface area contributed by atoms with Crippen LogP contribution in [0, 0.1) is 0 Å². The minimum absolute atomic E-state index is 0.00747. The van der Waals surface area contributed by atoms with E-state index in [1.54, 1.807) is 0 Å². The summed E-state index contributed by atoms with van der Waals surface area (Å²) >= 11 is 3.46. The van der Waals surface area contributed by atoms with Crippen LogP contribution in [0.25, 0.3) is 0 Å². The van der Waals surface area contributed by atoms with Crippen molar-refractivity contribution in [2.45, 2.75) is 38.6 Å². The fourth-order valence-corrected chi connectivity index (χ4v) is 2.09. The van der Waals surface area contributed by atoms with Gasteiger partial charge in [0.2, 0.25) is 5.91 Å². The maximum Gasteiger partial charge on any atom is 0.221 e. The summed E-state index contributed by atoms with van der Waals surface area (Å²) in [6.07, 6.45) is 0.370. The Balaban J connectivity index is 2.62. The van der Waals surface area contributed by atoms with Crippen LogP contribution in [0.2, 0.25) is 0 Å². The summed E-state index contributed by atoms with van der Waals surface area (Å²) in [5.41, 5.74) is 6.69. The van der Waals surface area contributed by atoms with Gasteiger partial charge in [-0.25, -0.2) is 0 Å². The first kappa shape index (κ1) is 15.2. The van der Waals surface area contributed by atoms with Crippen LogP contribution in [0.1, 0.15) is 32.8 Å². The molecular formula is C14H21BrN2O. The Morgan fingerprint density at radius 3 is 2.72 bits per heavy atom. The molecule has 0 saturated carbocycles. The zero-order valence-electron chi connectivity index (χ0n) is 11.2. The highest BCUT2D eigenvalue weighted by molar-refractivity contribution is 9.10. The number of hydrogen-bond acceptors (Lipinski definition) is 2. The lowest BCUT2D eigenvalue weighted by molar-refractivity contribution is -0.121. The third kappa shape index (κ3) is 4.78. The second kappa shape index (κ2) is 6.34. The van der Waals surface area contributed by atoms with Crippen LogP contribution in [-0.2, 0) is 10.2 Å². The molecule has 18 heavy (non-hydrogen) atoms. The van der Waals surface area contributed by atoms with Crippen molar-refractivity contribution in [3.8, 4) is 0 Å². The summed E-state index contributed by atoms with van der Waals surface area (Å²) in [5, 5.41) is 2.94. The van der Waals surface area contributed by atoms with Crippen molar-refractivity contribution < 1.29 is 4.79 Å². The standard InChI is InChI=1S/C14H21BrN2O/c1-10(16)7-13(18)17-9-14(2,3)11-5-4-6-12(15)8-11/h4-6,8,10H,7,9,16H2,1-3H3,(H,17,18). The average Bonchev–Trinajstić information content (AvgIpc) is 2.26. The monoisotopic (exact) mass is 312 g/mol. The van der Waals surface area contributed by atoms with Gasteiger partial charge in [0.15, 0.2) is 0 Å². The summed E-state index contributed by atoms with van der Waals surface area (Å²) in [4.78, 5) is 11.6. The molecule has 3 nitrogen and oxygen atoms in total. The third-order valence-electron chi connectivity index (χ3n) is 2.84. The van der Waals surface area contributed by atoms with E-state index in [9.17, 15) is 4.79 Å². The molecule has 0 heterocycles. The van der Waals surface area contributed by atoms with Gasteiger partial charge in [0.1, 0.15) is 0 Å². The molecular weight excluding hydrogens is 292 g/mol. The number of carbonyl (C=O) groups is 1. The molecule has 0 spiro atoms. The van der Waals surface area contributed by atoms with E-state index in [0.717, 1.165) is 4.47 Å². The van der Waals surface area contributed by atoms with Crippen molar-refractivity contribution in [3.63, 3.8) is 0 Å². The Labute approximate surface area is 117 Å². The molecule has 0 radical (unpaired) electrons. The van der Waals surface area contributed by atoms with Gasteiger partial charge < -0.3 is 11.1 Å².